The van der Waals surface area contributed by atoms with Crippen molar-refractivity contribution in [2.75, 3.05) is 11.4 Å². The molecule has 0 saturated heterocycles. The number of pyridine rings is 1. The largest absolute Gasteiger partial charge is 0.351 e. The molecule has 0 atom stereocenters. The highest BCUT2D eigenvalue weighted by Crippen LogP contribution is 2.31. The van der Waals surface area contributed by atoms with Crippen molar-refractivity contribution in [3.63, 3.8) is 0 Å². The number of fused-ring (bicyclic) bond motifs is 1. The van der Waals surface area contributed by atoms with Gasteiger partial charge in [0.2, 0.25) is 5.91 Å². The number of benzene rings is 2. The minimum atomic E-state index is -0.115. The minimum Gasteiger partial charge on any atom is -0.351 e. The number of hydrogen-bond acceptors (Lipinski definition) is 6. The van der Waals surface area contributed by atoms with Crippen LogP contribution in [0, 0.1) is 11.3 Å². The normalized spacial score (nSPS) is 10.9. The van der Waals surface area contributed by atoms with Crippen molar-refractivity contribution < 1.29 is 9.59 Å². The van der Waals surface area contributed by atoms with Crippen molar-refractivity contribution in [2.24, 2.45) is 0 Å². The van der Waals surface area contributed by atoms with Crippen LogP contribution < -0.4 is 10.2 Å². The van der Waals surface area contributed by atoms with E-state index in [1.54, 1.807) is 30.9 Å². The van der Waals surface area contributed by atoms with Crippen LogP contribution in [-0.2, 0) is 24.3 Å². The first-order chi connectivity index (χ1) is 20.5. The van der Waals surface area contributed by atoms with Gasteiger partial charge in [-0.15, -0.1) is 11.3 Å². The molecule has 42 heavy (non-hydrogen) atoms. The van der Waals surface area contributed by atoms with Gasteiger partial charge in [-0.1, -0.05) is 31.5 Å². The van der Waals surface area contributed by atoms with Gasteiger partial charge < -0.3 is 14.8 Å². The molecule has 5 aromatic rings. The highest BCUT2D eigenvalue weighted by Gasteiger charge is 2.19. The Morgan fingerprint density at radius 2 is 1.95 bits per heavy atom. The summed E-state index contributed by atoms with van der Waals surface area (Å²) in [4.78, 5) is 37.4. The molecule has 0 bridgehead atoms. The molecule has 9 heteroatoms. The third-order valence-corrected chi connectivity index (χ3v) is 8.14. The van der Waals surface area contributed by atoms with Gasteiger partial charge in [-0.2, -0.15) is 5.26 Å². The lowest BCUT2D eigenvalue weighted by Gasteiger charge is -2.24. The Morgan fingerprint density at radius 3 is 2.71 bits per heavy atom. The Kier molecular flexibility index (Phi) is 9.37. The second-order valence-electron chi connectivity index (χ2n) is 10.1. The van der Waals surface area contributed by atoms with Gasteiger partial charge in [0.05, 0.1) is 35.1 Å². The van der Waals surface area contributed by atoms with E-state index in [0.29, 0.717) is 42.9 Å². The van der Waals surface area contributed by atoms with Crippen LogP contribution in [0.15, 0.2) is 85.5 Å². The molecule has 0 aliphatic rings. The van der Waals surface area contributed by atoms with Crippen LogP contribution >= 0.6 is 11.3 Å². The Morgan fingerprint density at radius 1 is 1.10 bits per heavy atom. The third kappa shape index (κ3) is 7.09. The number of nitriles is 1. The standard InChI is InChI=1S/C33H32N6O2S/c1-2-3-7-32(40)39(22-29-20-35-23-38(29)21-25-10-8-24(19-34)9-11-25)28-12-13-30-26(17-28)18-31(42-30)33(41)37-16-14-27-6-4-5-15-36-27/h4-6,8-13,15,17-18,20,23H,2-3,7,14,16,21-22H2,1H3,(H,37,41). The number of nitrogens with zero attached hydrogens (tertiary/aromatic N) is 5. The molecule has 212 valence electrons. The van der Waals surface area contributed by atoms with Crippen LogP contribution in [0.1, 0.15) is 58.4 Å². The molecule has 1 N–H and O–H groups in total. The van der Waals surface area contributed by atoms with Gasteiger partial charge in [0, 0.05) is 54.4 Å². The first-order valence-electron chi connectivity index (χ1n) is 14.0. The van der Waals surface area contributed by atoms with Crippen molar-refractivity contribution in [1.29, 1.82) is 5.26 Å². The number of aromatic nitrogens is 3. The number of carbonyl (C=O) groups is 2. The first kappa shape index (κ1) is 28.7. The molecular formula is C33H32N6O2S. The number of rotatable bonds is 12. The summed E-state index contributed by atoms with van der Waals surface area (Å²) in [6.45, 7) is 3.53. The number of unbranched alkanes of at least 4 members (excludes halogenated alkanes) is 1. The molecule has 0 unspecified atom stereocenters. The first-order valence-corrected chi connectivity index (χ1v) is 14.9. The highest BCUT2D eigenvalue weighted by atomic mass is 32.1. The molecule has 0 aliphatic carbocycles. The molecule has 5 rings (SSSR count). The van der Waals surface area contributed by atoms with E-state index in [-0.39, 0.29) is 11.8 Å². The molecule has 0 aliphatic heterocycles. The number of nitrogens with one attached hydrogen (secondary N) is 1. The average Bonchev–Trinajstić information content (AvgIpc) is 3.65. The van der Waals surface area contributed by atoms with E-state index in [1.165, 1.54) is 11.3 Å². The van der Waals surface area contributed by atoms with Crippen LogP contribution in [0.25, 0.3) is 10.1 Å². The fourth-order valence-corrected chi connectivity index (χ4v) is 5.66. The summed E-state index contributed by atoms with van der Waals surface area (Å²) >= 11 is 1.44. The number of thiophene rings is 1. The zero-order valence-corrected chi connectivity index (χ0v) is 24.3. The summed E-state index contributed by atoms with van der Waals surface area (Å²) in [5.74, 6) is -0.0682. The van der Waals surface area contributed by atoms with Crippen LogP contribution in [-0.4, -0.2) is 32.9 Å². The van der Waals surface area contributed by atoms with E-state index in [1.807, 2.05) is 64.1 Å². The zero-order chi connectivity index (χ0) is 29.3. The lowest BCUT2D eigenvalue weighted by Crippen LogP contribution is -2.31. The molecule has 8 nitrogen and oxygen atoms in total. The van der Waals surface area contributed by atoms with E-state index in [0.717, 1.165) is 45.6 Å². The maximum atomic E-state index is 13.5. The van der Waals surface area contributed by atoms with Crippen molar-refractivity contribution in [2.45, 2.75) is 45.7 Å². The van der Waals surface area contributed by atoms with E-state index >= 15 is 0 Å². The van der Waals surface area contributed by atoms with Crippen molar-refractivity contribution in [3.8, 4) is 6.07 Å². The maximum absolute atomic E-state index is 13.5. The third-order valence-electron chi connectivity index (χ3n) is 7.03. The topological polar surface area (TPSA) is 104 Å². The minimum absolute atomic E-state index is 0.0463. The average molecular weight is 577 g/mol. The number of imidazole rings is 1. The molecule has 2 amide bonds. The molecular weight excluding hydrogens is 544 g/mol. The molecule has 3 heterocycles. The monoisotopic (exact) mass is 576 g/mol. The molecule has 0 saturated carbocycles. The summed E-state index contributed by atoms with van der Waals surface area (Å²) in [6.07, 6.45) is 8.16. The lowest BCUT2D eigenvalue weighted by molar-refractivity contribution is -0.118. The van der Waals surface area contributed by atoms with Gasteiger partial charge in [0.1, 0.15) is 0 Å². The molecule has 0 radical (unpaired) electrons. The predicted molar refractivity (Wildman–Crippen MR) is 165 cm³/mol. The zero-order valence-electron chi connectivity index (χ0n) is 23.5. The van der Waals surface area contributed by atoms with Crippen LogP contribution in [0.5, 0.6) is 0 Å². The lowest BCUT2D eigenvalue weighted by atomic mass is 10.1. The summed E-state index contributed by atoms with van der Waals surface area (Å²) in [5.41, 5.74) is 4.29. The fraction of sp³-hybridized carbons (Fsp3) is 0.242. The van der Waals surface area contributed by atoms with Crippen molar-refractivity contribution in [3.05, 3.63) is 113 Å². The van der Waals surface area contributed by atoms with Gasteiger partial charge in [-0.3, -0.25) is 14.6 Å². The fourth-order valence-electron chi connectivity index (χ4n) is 4.70. The quantitative estimate of drug-likeness (QED) is 0.193. The van der Waals surface area contributed by atoms with Crippen molar-refractivity contribution in [1.82, 2.24) is 19.9 Å². The summed E-state index contributed by atoms with van der Waals surface area (Å²) < 4.78 is 3.01. The van der Waals surface area contributed by atoms with E-state index in [9.17, 15) is 9.59 Å². The van der Waals surface area contributed by atoms with Gasteiger partial charge in [0.25, 0.3) is 5.91 Å². The van der Waals surface area contributed by atoms with Crippen LogP contribution in [0.2, 0.25) is 0 Å². The van der Waals surface area contributed by atoms with E-state index in [4.69, 9.17) is 5.26 Å². The molecule has 3 aromatic heterocycles. The molecule has 2 aromatic carbocycles. The molecule has 0 spiro atoms. The number of amides is 2. The number of hydrogen-bond donors (Lipinski definition) is 1. The Bertz CT molecular complexity index is 1700. The second kappa shape index (κ2) is 13.7. The Hall–Kier alpha value is -4.81. The smallest absolute Gasteiger partial charge is 0.261 e. The van der Waals surface area contributed by atoms with Gasteiger partial charge >= 0.3 is 0 Å². The Labute approximate surface area is 249 Å². The van der Waals surface area contributed by atoms with Gasteiger partial charge in [-0.05, 0) is 65.9 Å². The summed E-state index contributed by atoms with van der Waals surface area (Å²) in [7, 11) is 0. The predicted octanol–water partition coefficient (Wildman–Crippen LogP) is 6.11. The van der Waals surface area contributed by atoms with Crippen LogP contribution in [0.4, 0.5) is 5.69 Å². The highest BCUT2D eigenvalue weighted by molar-refractivity contribution is 7.20. The summed E-state index contributed by atoms with van der Waals surface area (Å²) in [6, 6.07) is 23.2. The second-order valence-corrected chi connectivity index (χ2v) is 11.1. The Balaban J connectivity index is 1.33. The van der Waals surface area contributed by atoms with Gasteiger partial charge in [-0.25, -0.2) is 4.98 Å². The SMILES string of the molecule is CCCCC(=O)N(Cc1cncn1Cc1ccc(C#N)cc1)c1ccc2sc(C(=O)NCCc3ccccn3)cc2c1. The van der Waals surface area contributed by atoms with E-state index in [2.05, 4.69) is 28.3 Å². The number of carbonyl (C=O) groups excluding carboxylic acids is 2. The van der Waals surface area contributed by atoms with Crippen molar-refractivity contribution >= 4 is 38.9 Å². The van der Waals surface area contributed by atoms with E-state index < -0.39 is 0 Å². The van der Waals surface area contributed by atoms with Crippen LogP contribution in [0.3, 0.4) is 0 Å². The number of anilines is 1. The van der Waals surface area contributed by atoms with Gasteiger partial charge in [0.15, 0.2) is 0 Å². The molecule has 0 fully saturated rings. The summed E-state index contributed by atoms with van der Waals surface area (Å²) in [5, 5.41) is 13.0. The maximum Gasteiger partial charge on any atom is 0.261 e.